The third-order valence-corrected chi connectivity index (χ3v) is 2.78. The lowest BCUT2D eigenvalue weighted by molar-refractivity contribution is -0.148. The normalized spacial score (nSPS) is 14.5. The molecule has 1 amide bonds. The van der Waals surface area contributed by atoms with Gasteiger partial charge in [0.05, 0.1) is 7.11 Å². The number of hydrogen-bond donors (Lipinski definition) is 0. The van der Waals surface area contributed by atoms with E-state index >= 15 is 0 Å². The number of nitrogens with zero attached hydrogens (tertiary/aromatic N) is 3. The fraction of sp³-hybridized carbons (Fsp3) is 0.250. The number of fused-ring (bicyclic) bond motifs is 1. The van der Waals surface area contributed by atoms with E-state index in [1.165, 1.54) is 0 Å². The van der Waals surface area contributed by atoms with Crippen LogP contribution >= 0.6 is 0 Å². The largest absolute Gasteiger partial charge is 0.452 e. The molecule has 11 heteroatoms. The molecule has 2 heterocycles. The maximum absolute atomic E-state index is 12.9. The first-order valence-electron chi connectivity index (χ1n) is 5.83. The minimum Gasteiger partial charge on any atom is -0.452 e. The Morgan fingerprint density at radius 2 is 1.35 bits per heavy atom. The van der Waals surface area contributed by atoms with Crippen LogP contribution in [0.2, 0.25) is 0 Å². The van der Waals surface area contributed by atoms with Gasteiger partial charge in [-0.3, -0.25) is 4.90 Å². The van der Waals surface area contributed by atoms with E-state index in [9.17, 15) is 31.1 Å². The molecule has 0 aromatic carbocycles. The predicted octanol–water partition coefficient (Wildman–Crippen LogP) is 3.54. The highest BCUT2D eigenvalue weighted by Gasteiger charge is 2.42. The van der Waals surface area contributed by atoms with Crippen molar-refractivity contribution in [3.63, 3.8) is 0 Å². The van der Waals surface area contributed by atoms with Gasteiger partial charge in [0.15, 0.2) is 11.4 Å². The van der Waals surface area contributed by atoms with Gasteiger partial charge in [-0.1, -0.05) is 0 Å². The fourth-order valence-corrected chi connectivity index (χ4v) is 1.81. The van der Waals surface area contributed by atoms with E-state index in [1.54, 1.807) is 0 Å². The first-order valence-corrected chi connectivity index (χ1v) is 5.83. The first-order chi connectivity index (χ1) is 10.6. The number of halogens is 6. The molecule has 0 saturated carbocycles. The number of alkyl halides is 6. The Hall–Kier alpha value is -2.59. The van der Waals surface area contributed by atoms with Crippen molar-refractivity contribution in [2.75, 3.05) is 7.11 Å². The molecule has 0 spiro atoms. The number of carbonyl (C=O) groups excluding carboxylic acids is 1. The molecular formula is C12H7F6N3O2. The average molecular weight is 339 g/mol. The number of aromatic nitrogens is 2. The molecule has 0 saturated heterocycles. The predicted molar refractivity (Wildman–Crippen MR) is 64.3 cm³/mol. The van der Waals surface area contributed by atoms with Crippen LogP contribution in [0.3, 0.4) is 0 Å². The molecule has 1 aliphatic rings. The highest BCUT2D eigenvalue weighted by atomic mass is 19.4. The van der Waals surface area contributed by atoms with Gasteiger partial charge in [-0.15, -0.1) is 10.2 Å². The third-order valence-electron chi connectivity index (χ3n) is 2.78. The van der Waals surface area contributed by atoms with Gasteiger partial charge in [-0.25, -0.2) is 4.79 Å². The van der Waals surface area contributed by atoms with Crippen molar-refractivity contribution in [1.82, 2.24) is 15.1 Å². The van der Waals surface area contributed by atoms with Gasteiger partial charge in [-0.2, -0.15) is 26.3 Å². The Morgan fingerprint density at radius 1 is 0.957 bits per heavy atom. The van der Waals surface area contributed by atoms with Crippen LogP contribution in [0.15, 0.2) is 12.4 Å². The second kappa shape index (κ2) is 5.56. The molecular weight excluding hydrogens is 332 g/mol. The van der Waals surface area contributed by atoms with Gasteiger partial charge in [-0.05, 0) is 12.2 Å². The zero-order chi connectivity index (χ0) is 17.4. The standard InChI is InChI=1S/C12H7F6N3O2/c1-23-10(22)21-4-2-6-7(3-5-21)9(12(16,17)18)20-19-8(6)11(13,14)15/h2-5H,1H3. The van der Waals surface area contributed by atoms with E-state index in [4.69, 9.17) is 0 Å². The van der Waals surface area contributed by atoms with Gasteiger partial charge in [0, 0.05) is 23.5 Å². The molecule has 0 N–H and O–H groups in total. The number of ether oxygens (including phenoxy) is 1. The highest BCUT2D eigenvalue weighted by molar-refractivity contribution is 5.77. The summed E-state index contributed by atoms with van der Waals surface area (Å²) in [6.45, 7) is 0. The van der Waals surface area contributed by atoms with E-state index in [0.29, 0.717) is 17.1 Å². The van der Waals surface area contributed by atoms with Crippen LogP contribution < -0.4 is 0 Å². The van der Waals surface area contributed by atoms with Crippen molar-refractivity contribution in [1.29, 1.82) is 0 Å². The Labute approximate surface area is 124 Å². The molecule has 0 unspecified atom stereocenters. The molecule has 124 valence electrons. The lowest BCUT2D eigenvalue weighted by Gasteiger charge is -2.14. The van der Waals surface area contributed by atoms with Gasteiger partial charge < -0.3 is 4.74 Å². The summed E-state index contributed by atoms with van der Waals surface area (Å²) < 4.78 is 81.8. The van der Waals surface area contributed by atoms with Crippen molar-refractivity contribution in [3.8, 4) is 0 Å². The molecule has 0 aliphatic carbocycles. The zero-order valence-corrected chi connectivity index (χ0v) is 11.2. The van der Waals surface area contributed by atoms with E-state index in [-0.39, 0.29) is 0 Å². The maximum Gasteiger partial charge on any atom is 0.435 e. The number of methoxy groups -OCH3 is 1. The summed E-state index contributed by atoms with van der Waals surface area (Å²) in [5.74, 6) is 0. The number of amides is 1. The summed E-state index contributed by atoms with van der Waals surface area (Å²) in [5.41, 5.74) is -4.87. The Kier molecular flexibility index (Phi) is 4.05. The van der Waals surface area contributed by atoms with E-state index in [0.717, 1.165) is 19.5 Å². The molecule has 23 heavy (non-hydrogen) atoms. The Balaban J connectivity index is 2.70. The maximum atomic E-state index is 12.9. The van der Waals surface area contributed by atoms with Crippen molar-refractivity contribution < 1.29 is 35.9 Å². The molecule has 0 fully saturated rings. The SMILES string of the molecule is COC(=O)N1C=Cc2c(C(F)(F)F)nnc(C(F)(F)F)c2C=C1. The minimum atomic E-state index is -5.01. The summed E-state index contributed by atoms with van der Waals surface area (Å²) in [6, 6.07) is 0. The van der Waals surface area contributed by atoms with E-state index < -0.39 is 41.0 Å². The molecule has 0 radical (unpaired) electrons. The van der Waals surface area contributed by atoms with Gasteiger partial charge in [0.25, 0.3) is 0 Å². The Bertz CT molecular complexity index is 642. The van der Waals surface area contributed by atoms with Crippen LogP contribution in [0.5, 0.6) is 0 Å². The Morgan fingerprint density at radius 3 is 1.65 bits per heavy atom. The summed E-state index contributed by atoms with van der Waals surface area (Å²) in [6.07, 6.45) is -7.96. The molecule has 5 nitrogen and oxygen atoms in total. The van der Waals surface area contributed by atoms with Gasteiger partial charge in [0.2, 0.25) is 0 Å². The second-order valence-corrected chi connectivity index (χ2v) is 4.23. The lowest BCUT2D eigenvalue weighted by Crippen LogP contribution is -2.19. The van der Waals surface area contributed by atoms with Crippen molar-refractivity contribution in [2.24, 2.45) is 0 Å². The third kappa shape index (κ3) is 3.27. The van der Waals surface area contributed by atoms with Gasteiger partial charge >= 0.3 is 18.4 Å². The van der Waals surface area contributed by atoms with Crippen molar-refractivity contribution in [2.45, 2.75) is 12.4 Å². The van der Waals surface area contributed by atoms with Crippen LogP contribution in [0.4, 0.5) is 31.1 Å². The second-order valence-electron chi connectivity index (χ2n) is 4.23. The van der Waals surface area contributed by atoms with Crippen LogP contribution in [0.1, 0.15) is 22.5 Å². The molecule has 1 aromatic rings. The monoisotopic (exact) mass is 339 g/mol. The summed E-state index contributed by atoms with van der Waals surface area (Å²) in [4.78, 5) is 12.0. The van der Waals surface area contributed by atoms with E-state index in [1.807, 2.05) is 0 Å². The summed E-state index contributed by atoms with van der Waals surface area (Å²) in [7, 11) is 1.01. The highest BCUT2D eigenvalue weighted by Crippen LogP contribution is 2.38. The van der Waals surface area contributed by atoms with Crippen molar-refractivity contribution >= 4 is 18.2 Å². The number of carbonyl (C=O) groups is 1. The van der Waals surface area contributed by atoms with Crippen LogP contribution in [-0.4, -0.2) is 28.3 Å². The van der Waals surface area contributed by atoms with Crippen LogP contribution in [0, 0.1) is 0 Å². The number of rotatable bonds is 0. The smallest absolute Gasteiger partial charge is 0.435 e. The molecule has 2 rings (SSSR count). The van der Waals surface area contributed by atoms with E-state index in [2.05, 4.69) is 14.9 Å². The van der Waals surface area contributed by atoms with Crippen molar-refractivity contribution in [3.05, 3.63) is 34.9 Å². The fourth-order valence-electron chi connectivity index (χ4n) is 1.81. The summed E-state index contributed by atoms with van der Waals surface area (Å²) >= 11 is 0. The first kappa shape index (κ1) is 16.8. The van der Waals surface area contributed by atoms with Crippen LogP contribution in [0.25, 0.3) is 12.2 Å². The molecule has 1 aliphatic heterocycles. The average Bonchev–Trinajstić information content (AvgIpc) is 2.66. The lowest BCUT2D eigenvalue weighted by atomic mass is 10.0. The zero-order valence-electron chi connectivity index (χ0n) is 11.2. The minimum absolute atomic E-state index is 0.681. The van der Waals surface area contributed by atoms with Gasteiger partial charge in [0.1, 0.15) is 0 Å². The molecule has 0 bridgehead atoms. The molecule has 0 atom stereocenters. The quantitative estimate of drug-likeness (QED) is 0.679. The molecule has 1 aromatic heterocycles. The number of hydrogen-bond acceptors (Lipinski definition) is 4. The topological polar surface area (TPSA) is 55.3 Å². The van der Waals surface area contributed by atoms with Crippen LogP contribution in [-0.2, 0) is 17.1 Å². The summed E-state index contributed by atoms with van der Waals surface area (Å²) in [5, 5.41) is 5.29.